The number of likely N-dealkylation sites (N-methyl/N-ethyl adjacent to an activating group) is 1. The zero-order valence-corrected chi connectivity index (χ0v) is 9.72. The molecule has 1 aromatic rings. The summed E-state index contributed by atoms with van der Waals surface area (Å²) in [4.78, 5) is 13.7. The van der Waals surface area contributed by atoms with Crippen LogP contribution in [0.3, 0.4) is 0 Å². The predicted octanol–water partition coefficient (Wildman–Crippen LogP) is 0.810. The van der Waals surface area contributed by atoms with E-state index in [0.29, 0.717) is 11.8 Å². The van der Waals surface area contributed by atoms with Gasteiger partial charge in [0, 0.05) is 19.6 Å². The highest BCUT2D eigenvalue weighted by molar-refractivity contribution is 5.78. The molecule has 1 aromatic heterocycles. The lowest BCUT2D eigenvalue weighted by atomic mass is 10.4. The van der Waals surface area contributed by atoms with Crippen molar-refractivity contribution >= 4 is 5.91 Å². The Hall–Kier alpha value is -1.52. The third-order valence-corrected chi connectivity index (χ3v) is 2.69. The summed E-state index contributed by atoms with van der Waals surface area (Å²) in [6, 6.07) is 0.454. The van der Waals surface area contributed by atoms with E-state index in [4.69, 9.17) is 4.74 Å². The minimum Gasteiger partial charge on any atom is -0.480 e. The Morgan fingerprint density at radius 1 is 1.69 bits per heavy atom. The molecule has 0 spiro atoms. The lowest BCUT2D eigenvalue weighted by Gasteiger charge is -2.19. The van der Waals surface area contributed by atoms with Crippen LogP contribution in [0.1, 0.15) is 19.8 Å². The van der Waals surface area contributed by atoms with Crippen LogP contribution in [0.2, 0.25) is 0 Å². The summed E-state index contributed by atoms with van der Waals surface area (Å²) in [5.74, 6) is 0.705. The third-order valence-electron chi connectivity index (χ3n) is 2.69. The summed E-state index contributed by atoms with van der Waals surface area (Å²) in [6.45, 7) is 2.87. The smallest absolute Gasteiger partial charge is 0.260 e. The maximum absolute atomic E-state index is 11.8. The van der Waals surface area contributed by atoms with Gasteiger partial charge in [-0.2, -0.15) is 5.10 Å². The van der Waals surface area contributed by atoms with E-state index in [9.17, 15) is 4.79 Å². The van der Waals surface area contributed by atoms with Crippen LogP contribution in [-0.2, 0) is 11.8 Å². The van der Waals surface area contributed by atoms with Gasteiger partial charge in [0.05, 0.1) is 12.4 Å². The average molecular weight is 223 g/mol. The maximum Gasteiger partial charge on any atom is 0.260 e. The molecular formula is C11H17N3O2. The van der Waals surface area contributed by atoms with Gasteiger partial charge in [0.2, 0.25) is 0 Å². The van der Waals surface area contributed by atoms with Gasteiger partial charge in [0.1, 0.15) is 0 Å². The molecule has 88 valence electrons. The second kappa shape index (κ2) is 4.55. The van der Waals surface area contributed by atoms with E-state index in [0.717, 1.165) is 19.4 Å². The SMILES string of the molecule is CCN(C(=O)COc1cnn(C)c1)C1CC1. The predicted molar refractivity (Wildman–Crippen MR) is 59.1 cm³/mol. The first-order valence-electron chi connectivity index (χ1n) is 5.61. The molecule has 0 saturated heterocycles. The quantitative estimate of drug-likeness (QED) is 0.742. The van der Waals surface area contributed by atoms with Gasteiger partial charge in [-0.05, 0) is 19.8 Å². The van der Waals surface area contributed by atoms with Gasteiger partial charge in [-0.3, -0.25) is 9.48 Å². The fourth-order valence-electron chi connectivity index (χ4n) is 1.73. The van der Waals surface area contributed by atoms with Gasteiger partial charge in [-0.15, -0.1) is 0 Å². The molecule has 1 aliphatic rings. The van der Waals surface area contributed by atoms with Crippen LogP contribution in [0, 0.1) is 0 Å². The molecule has 1 aliphatic carbocycles. The summed E-state index contributed by atoms with van der Waals surface area (Å²) >= 11 is 0. The van der Waals surface area contributed by atoms with Crippen LogP contribution in [0.5, 0.6) is 5.75 Å². The lowest BCUT2D eigenvalue weighted by molar-refractivity contribution is -0.133. The molecule has 5 heteroatoms. The molecule has 0 bridgehead atoms. The fraction of sp³-hybridized carbons (Fsp3) is 0.636. The van der Waals surface area contributed by atoms with Crippen LogP contribution in [0.15, 0.2) is 12.4 Å². The van der Waals surface area contributed by atoms with Crippen molar-refractivity contribution in [3.8, 4) is 5.75 Å². The van der Waals surface area contributed by atoms with E-state index in [-0.39, 0.29) is 12.5 Å². The van der Waals surface area contributed by atoms with Gasteiger partial charge >= 0.3 is 0 Å². The number of nitrogens with zero attached hydrogens (tertiary/aromatic N) is 3. The topological polar surface area (TPSA) is 47.4 Å². The van der Waals surface area contributed by atoms with Crippen LogP contribution in [0.4, 0.5) is 0 Å². The highest BCUT2D eigenvalue weighted by Crippen LogP contribution is 2.26. The highest BCUT2D eigenvalue weighted by atomic mass is 16.5. The standard InChI is InChI=1S/C11H17N3O2/c1-3-14(9-4-5-9)11(15)8-16-10-6-12-13(2)7-10/h6-7,9H,3-5,8H2,1-2H3. The molecule has 0 aromatic carbocycles. The van der Waals surface area contributed by atoms with Crippen molar-refractivity contribution in [2.24, 2.45) is 7.05 Å². The molecule has 0 radical (unpaired) electrons. The van der Waals surface area contributed by atoms with Gasteiger partial charge in [-0.1, -0.05) is 0 Å². The van der Waals surface area contributed by atoms with Crippen LogP contribution in [-0.4, -0.2) is 39.8 Å². The minimum atomic E-state index is 0.0638. The molecule has 1 fully saturated rings. The van der Waals surface area contributed by atoms with Gasteiger partial charge in [0.15, 0.2) is 12.4 Å². The number of amides is 1. The van der Waals surface area contributed by atoms with Crippen molar-refractivity contribution in [3.05, 3.63) is 12.4 Å². The monoisotopic (exact) mass is 223 g/mol. The second-order valence-corrected chi connectivity index (χ2v) is 4.05. The zero-order valence-electron chi connectivity index (χ0n) is 9.72. The zero-order chi connectivity index (χ0) is 11.5. The largest absolute Gasteiger partial charge is 0.480 e. The van der Waals surface area contributed by atoms with E-state index < -0.39 is 0 Å². The highest BCUT2D eigenvalue weighted by Gasteiger charge is 2.31. The normalized spacial score (nSPS) is 14.9. The molecule has 0 unspecified atom stereocenters. The Bertz CT molecular complexity index is 371. The number of aryl methyl sites for hydroxylation is 1. The number of aromatic nitrogens is 2. The van der Waals surface area contributed by atoms with Crippen molar-refractivity contribution in [1.82, 2.24) is 14.7 Å². The van der Waals surface area contributed by atoms with Crippen LogP contribution in [0.25, 0.3) is 0 Å². The number of hydrogen-bond acceptors (Lipinski definition) is 3. The number of rotatable bonds is 5. The molecule has 0 aliphatic heterocycles. The first-order chi connectivity index (χ1) is 7.70. The third kappa shape index (κ3) is 2.53. The summed E-state index contributed by atoms with van der Waals surface area (Å²) in [7, 11) is 1.82. The first-order valence-corrected chi connectivity index (χ1v) is 5.61. The Kier molecular flexibility index (Phi) is 3.12. The number of hydrogen-bond donors (Lipinski definition) is 0. The van der Waals surface area contributed by atoms with Crippen LogP contribution >= 0.6 is 0 Å². The van der Waals surface area contributed by atoms with E-state index in [1.165, 1.54) is 0 Å². The Morgan fingerprint density at radius 3 is 2.94 bits per heavy atom. The molecule has 5 nitrogen and oxygen atoms in total. The van der Waals surface area contributed by atoms with E-state index >= 15 is 0 Å². The lowest BCUT2D eigenvalue weighted by Crippen LogP contribution is -2.36. The molecule has 1 saturated carbocycles. The van der Waals surface area contributed by atoms with Crippen molar-refractivity contribution in [3.63, 3.8) is 0 Å². The van der Waals surface area contributed by atoms with Gasteiger partial charge in [-0.25, -0.2) is 0 Å². The van der Waals surface area contributed by atoms with E-state index in [1.807, 2.05) is 18.9 Å². The minimum absolute atomic E-state index is 0.0638. The maximum atomic E-state index is 11.8. The van der Waals surface area contributed by atoms with Crippen molar-refractivity contribution in [2.45, 2.75) is 25.8 Å². The summed E-state index contributed by atoms with van der Waals surface area (Å²) in [5.41, 5.74) is 0. The molecule has 1 amide bonds. The summed E-state index contributed by atoms with van der Waals surface area (Å²) in [6.07, 6.45) is 5.63. The van der Waals surface area contributed by atoms with Crippen molar-refractivity contribution in [1.29, 1.82) is 0 Å². The molecule has 0 atom stereocenters. The molecular weight excluding hydrogens is 206 g/mol. The first kappa shape index (κ1) is 11.0. The number of ether oxygens (including phenoxy) is 1. The second-order valence-electron chi connectivity index (χ2n) is 4.05. The van der Waals surface area contributed by atoms with E-state index in [2.05, 4.69) is 5.10 Å². The molecule has 16 heavy (non-hydrogen) atoms. The molecule has 0 N–H and O–H groups in total. The molecule has 1 heterocycles. The van der Waals surface area contributed by atoms with Crippen molar-refractivity contribution < 1.29 is 9.53 Å². The summed E-state index contributed by atoms with van der Waals surface area (Å²) in [5, 5.41) is 3.97. The van der Waals surface area contributed by atoms with Gasteiger partial charge in [0.25, 0.3) is 5.91 Å². The Morgan fingerprint density at radius 2 is 2.44 bits per heavy atom. The van der Waals surface area contributed by atoms with Gasteiger partial charge < -0.3 is 9.64 Å². The fourth-order valence-corrected chi connectivity index (χ4v) is 1.73. The van der Waals surface area contributed by atoms with E-state index in [1.54, 1.807) is 17.1 Å². The number of carbonyl (C=O) groups excluding carboxylic acids is 1. The summed E-state index contributed by atoms with van der Waals surface area (Å²) < 4.78 is 7.03. The average Bonchev–Trinajstić information content (AvgIpc) is 3.00. The number of carbonyl (C=O) groups is 1. The van der Waals surface area contributed by atoms with Crippen LogP contribution < -0.4 is 4.74 Å². The molecule has 2 rings (SSSR count). The Labute approximate surface area is 95.0 Å². The van der Waals surface area contributed by atoms with Crippen molar-refractivity contribution in [2.75, 3.05) is 13.2 Å². The Balaban J connectivity index is 1.82.